The van der Waals surface area contributed by atoms with Crippen LogP contribution in [0, 0.1) is 11.8 Å². The Morgan fingerprint density at radius 1 is 1.17 bits per heavy atom. The lowest BCUT2D eigenvalue weighted by molar-refractivity contribution is -0.154. The molecule has 6 atom stereocenters. The molecule has 3 aliphatic rings. The van der Waals surface area contributed by atoms with Crippen molar-refractivity contribution in [1.29, 1.82) is 0 Å². The highest BCUT2D eigenvalue weighted by molar-refractivity contribution is 9.09. The first-order valence-electron chi connectivity index (χ1n) is 14.5. The summed E-state index contributed by atoms with van der Waals surface area (Å²) in [6.45, 7) is 8.68. The van der Waals surface area contributed by atoms with Crippen LogP contribution in [0.25, 0.3) is 0 Å². The van der Waals surface area contributed by atoms with E-state index in [0.29, 0.717) is 43.1 Å². The molecule has 3 heterocycles. The van der Waals surface area contributed by atoms with Gasteiger partial charge in [-0.2, -0.15) is 0 Å². The van der Waals surface area contributed by atoms with Crippen molar-refractivity contribution in [3.8, 4) is 0 Å². The number of carbonyl (C=O) groups is 3. The summed E-state index contributed by atoms with van der Waals surface area (Å²) >= 11 is 12.0. The van der Waals surface area contributed by atoms with Crippen LogP contribution in [-0.2, 0) is 19.1 Å². The van der Waals surface area contributed by atoms with Crippen molar-refractivity contribution in [3.05, 3.63) is 54.6 Å². The Labute approximate surface area is 260 Å². The number of unbranched alkanes of at least 4 members (excludes halogenated alkanes) is 5. The Balaban J connectivity index is 1.67. The van der Waals surface area contributed by atoms with Crippen LogP contribution in [0.4, 0.5) is 5.69 Å². The van der Waals surface area contributed by atoms with Crippen LogP contribution in [-0.4, -0.2) is 75.0 Å². The number of thioether (sulfide) groups is 1. The van der Waals surface area contributed by atoms with Crippen molar-refractivity contribution in [2.24, 2.45) is 11.8 Å². The third-order valence-corrected chi connectivity index (χ3v) is 11.9. The summed E-state index contributed by atoms with van der Waals surface area (Å²) in [5, 5.41) is 9.46. The van der Waals surface area contributed by atoms with Crippen molar-refractivity contribution in [1.82, 2.24) is 4.90 Å². The number of likely N-dealkylation sites (tertiary alicyclic amines) is 1. The molecule has 0 saturated carbocycles. The highest BCUT2D eigenvalue weighted by Gasteiger charge is 2.76. The van der Waals surface area contributed by atoms with Crippen LogP contribution in [0.3, 0.4) is 0 Å². The predicted octanol–water partition coefficient (Wildman–Crippen LogP) is 5.78. The van der Waals surface area contributed by atoms with E-state index in [-0.39, 0.29) is 41.0 Å². The van der Waals surface area contributed by atoms with Gasteiger partial charge in [0, 0.05) is 29.8 Å². The Kier molecular flexibility index (Phi) is 11.4. The lowest BCUT2D eigenvalue weighted by Crippen LogP contribution is -2.55. The molecule has 1 aromatic rings. The van der Waals surface area contributed by atoms with E-state index in [4.69, 9.17) is 16.3 Å². The number of esters is 1. The number of hydrogen-bond donors (Lipinski definition) is 1. The van der Waals surface area contributed by atoms with E-state index in [0.717, 1.165) is 32.1 Å². The SMILES string of the molecule is C=CCCCCOC(=O)[C@H]1[C@@H]2SC3(CC2Br)C(C(=O)N(CC=C)c2ccccc2Cl)N(CCCCCCO)C(=O)[C@H]13. The predicted molar refractivity (Wildman–Crippen MR) is 168 cm³/mol. The molecule has 0 aliphatic carbocycles. The zero-order chi connectivity index (χ0) is 29.6. The van der Waals surface area contributed by atoms with Crippen molar-refractivity contribution in [3.63, 3.8) is 0 Å². The number of aliphatic hydroxyl groups is 1. The second-order valence-corrected chi connectivity index (χ2v) is 14.1. The molecule has 2 bridgehead atoms. The minimum Gasteiger partial charge on any atom is -0.465 e. The molecular formula is C31H40BrClN2O5S. The Hall–Kier alpha value is -1.81. The van der Waals surface area contributed by atoms with Crippen LogP contribution in [0.15, 0.2) is 49.6 Å². The van der Waals surface area contributed by atoms with Gasteiger partial charge < -0.3 is 19.6 Å². The van der Waals surface area contributed by atoms with Gasteiger partial charge in [-0.05, 0) is 50.7 Å². The van der Waals surface area contributed by atoms with Gasteiger partial charge in [0.05, 0.1) is 33.9 Å². The quantitative estimate of drug-likeness (QED) is 0.104. The summed E-state index contributed by atoms with van der Waals surface area (Å²) in [4.78, 5) is 45.7. The molecule has 3 unspecified atom stereocenters. The van der Waals surface area contributed by atoms with Gasteiger partial charge in [-0.25, -0.2) is 0 Å². The number of benzene rings is 1. The molecule has 7 nitrogen and oxygen atoms in total. The van der Waals surface area contributed by atoms with Gasteiger partial charge in [0.15, 0.2) is 0 Å². The molecule has 41 heavy (non-hydrogen) atoms. The van der Waals surface area contributed by atoms with E-state index in [2.05, 4.69) is 29.1 Å². The highest BCUT2D eigenvalue weighted by atomic mass is 79.9. The first-order chi connectivity index (χ1) is 19.8. The molecule has 0 radical (unpaired) electrons. The van der Waals surface area contributed by atoms with Crippen molar-refractivity contribution in [2.75, 3.05) is 31.2 Å². The number of amides is 2. The van der Waals surface area contributed by atoms with Gasteiger partial charge in [-0.3, -0.25) is 14.4 Å². The molecule has 3 saturated heterocycles. The van der Waals surface area contributed by atoms with E-state index in [9.17, 15) is 19.5 Å². The van der Waals surface area contributed by atoms with E-state index >= 15 is 0 Å². The molecule has 1 aromatic carbocycles. The van der Waals surface area contributed by atoms with E-state index in [1.165, 1.54) is 0 Å². The molecule has 3 fully saturated rings. The van der Waals surface area contributed by atoms with Crippen molar-refractivity contribution < 1.29 is 24.2 Å². The first kappa shape index (κ1) is 32.1. The van der Waals surface area contributed by atoms with Crippen LogP contribution in [0.5, 0.6) is 0 Å². The van der Waals surface area contributed by atoms with E-state index < -0.39 is 22.6 Å². The molecule has 0 aromatic heterocycles. The summed E-state index contributed by atoms with van der Waals surface area (Å²) < 4.78 is 4.97. The number of hydrogen-bond acceptors (Lipinski definition) is 6. The summed E-state index contributed by atoms with van der Waals surface area (Å²) in [6.07, 6.45) is 9.66. The zero-order valence-corrected chi connectivity index (χ0v) is 26.5. The molecule has 3 aliphatic heterocycles. The highest BCUT2D eigenvalue weighted by Crippen LogP contribution is 2.68. The fraction of sp³-hybridized carbons (Fsp3) is 0.581. The molecular weight excluding hydrogens is 628 g/mol. The largest absolute Gasteiger partial charge is 0.465 e. The Bertz CT molecular complexity index is 1140. The number of carbonyl (C=O) groups excluding carboxylic acids is 3. The molecule has 10 heteroatoms. The number of alkyl halides is 1. The van der Waals surface area contributed by atoms with Crippen LogP contribution in [0.2, 0.25) is 5.02 Å². The number of nitrogens with zero attached hydrogens (tertiary/aromatic N) is 2. The van der Waals surface area contributed by atoms with Crippen LogP contribution >= 0.6 is 39.3 Å². The Morgan fingerprint density at radius 3 is 2.63 bits per heavy atom. The molecule has 1 spiro atoms. The standard InChI is InChI=1S/C31H40BrClN2O5S/c1-3-5-6-13-19-40-30(39)24-25-28(37)35(17-11-7-8-12-18-36)27(31(25)20-21(32)26(24)41-31)29(38)34(16-4-2)23-15-10-9-14-22(23)33/h3-4,9-10,14-15,21,24-27,36H,1-2,5-8,11-13,16-20H2/t21?,24-,25+,26-,27?,31?/m1/s1. The number of rotatable bonds is 16. The summed E-state index contributed by atoms with van der Waals surface area (Å²) in [7, 11) is 0. The van der Waals surface area contributed by atoms with Crippen molar-refractivity contribution >= 4 is 62.8 Å². The summed E-state index contributed by atoms with van der Waals surface area (Å²) in [5.74, 6) is -1.96. The second kappa shape index (κ2) is 14.6. The van der Waals surface area contributed by atoms with Crippen molar-refractivity contribution in [2.45, 2.75) is 72.2 Å². The van der Waals surface area contributed by atoms with Gasteiger partial charge in [-0.1, -0.05) is 64.7 Å². The summed E-state index contributed by atoms with van der Waals surface area (Å²) in [5.41, 5.74) is 0.567. The van der Waals surface area contributed by atoms with E-state index in [1.54, 1.807) is 39.8 Å². The fourth-order valence-corrected chi connectivity index (χ4v) is 10.4. The lowest BCUT2D eigenvalue weighted by atomic mass is 9.71. The summed E-state index contributed by atoms with van der Waals surface area (Å²) in [6, 6.07) is 6.43. The molecule has 224 valence electrons. The third-order valence-electron chi connectivity index (χ3n) is 8.37. The molecule has 4 rings (SSSR count). The molecule has 1 N–H and O–H groups in total. The maximum absolute atomic E-state index is 14.6. The number of aliphatic hydroxyl groups excluding tert-OH is 1. The van der Waals surface area contributed by atoms with Gasteiger partial charge in [-0.15, -0.1) is 24.9 Å². The number of anilines is 1. The zero-order valence-electron chi connectivity index (χ0n) is 23.4. The van der Waals surface area contributed by atoms with E-state index in [1.807, 2.05) is 18.2 Å². The first-order valence-corrected chi connectivity index (χ1v) is 16.7. The van der Waals surface area contributed by atoms with Gasteiger partial charge in [0.1, 0.15) is 6.04 Å². The lowest BCUT2D eigenvalue weighted by Gasteiger charge is -2.38. The average Bonchev–Trinajstić information content (AvgIpc) is 3.55. The minimum atomic E-state index is -0.759. The van der Waals surface area contributed by atoms with Gasteiger partial charge in [0.25, 0.3) is 5.91 Å². The fourth-order valence-electron chi connectivity index (χ4n) is 6.58. The monoisotopic (exact) mass is 666 g/mol. The Morgan fingerprint density at radius 2 is 1.93 bits per heavy atom. The maximum atomic E-state index is 14.6. The normalized spacial score (nSPS) is 28.0. The average molecular weight is 668 g/mol. The number of ether oxygens (including phenoxy) is 1. The topological polar surface area (TPSA) is 87.2 Å². The number of halogens is 2. The van der Waals surface area contributed by atoms with Gasteiger partial charge in [0.2, 0.25) is 5.91 Å². The minimum absolute atomic E-state index is 0.0252. The third kappa shape index (κ3) is 6.43. The number of para-hydroxylation sites is 1. The smallest absolute Gasteiger partial charge is 0.310 e. The maximum Gasteiger partial charge on any atom is 0.310 e. The second-order valence-electron chi connectivity index (χ2n) is 11.0. The van der Waals surface area contributed by atoms with Crippen LogP contribution in [0.1, 0.15) is 51.4 Å². The number of allylic oxidation sites excluding steroid dienone is 1. The van der Waals surface area contributed by atoms with Crippen LogP contribution < -0.4 is 4.90 Å². The van der Waals surface area contributed by atoms with Gasteiger partial charge >= 0.3 is 5.97 Å². The molecule has 2 amide bonds. The number of fused-ring (bicyclic) bond motifs is 1.